The van der Waals surface area contributed by atoms with Crippen molar-refractivity contribution in [2.75, 3.05) is 25.1 Å². The number of nitrogens with zero attached hydrogens (tertiary/aromatic N) is 1. The Morgan fingerprint density at radius 3 is 2.63 bits per heavy atom. The van der Waals surface area contributed by atoms with Gasteiger partial charge in [0.1, 0.15) is 24.8 Å². The zero-order chi connectivity index (χ0) is 21.1. The normalized spacial score (nSPS) is 12.6. The van der Waals surface area contributed by atoms with Gasteiger partial charge in [0.05, 0.1) is 15.8 Å². The van der Waals surface area contributed by atoms with Crippen LogP contribution < -0.4 is 20.1 Å². The lowest BCUT2D eigenvalue weighted by molar-refractivity contribution is -0.116. The number of nitrogens with one attached hydrogen (secondary N) is 2. The van der Waals surface area contributed by atoms with Gasteiger partial charge in [-0.2, -0.15) is 0 Å². The van der Waals surface area contributed by atoms with E-state index in [1.54, 1.807) is 6.07 Å². The molecule has 0 bridgehead atoms. The second-order valence-electron chi connectivity index (χ2n) is 6.51. The standard InChI is InChI=1S/C20H17F2N3O4S/c21-11-3-4-12(13(22)8-11)19(27)23-5-1-2-18(26)25-20-24-14-9-15-16(10-17(14)30-20)29-7-6-28-15/h3-4,8-10H,1-2,5-7H2,(H,23,27)(H,24,25,26). The number of aromatic nitrogens is 1. The second-order valence-corrected chi connectivity index (χ2v) is 7.55. The van der Waals surface area contributed by atoms with Crippen LogP contribution in [0.3, 0.4) is 0 Å². The van der Waals surface area contributed by atoms with E-state index in [2.05, 4.69) is 15.6 Å². The molecule has 0 radical (unpaired) electrons. The predicted octanol–water partition coefficient (Wildman–Crippen LogP) is 3.49. The van der Waals surface area contributed by atoms with Gasteiger partial charge in [-0.1, -0.05) is 11.3 Å². The number of rotatable bonds is 6. The van der Waals surface area contributed by atoms with Crippen LogP contribution in [0.4, 0.5) is 13.9 Å². The number of fused-ring (bicyclic) bond motifs is 2. The van der Waals surface area contributed by atoms with Crippen molar-refractivity contribution < 1.29 is 27.8 Å². The molecule has 2 aromatic carbocycles. The van der Waals surface area contributed by atoms with Gasteiger partial charge in [-0.15, -0.1) is 0 Å². The zero-order valence-electron chi connectivity index (χ0n) is 15.7. The molecule has 0 saturated carbocycles. The number of hydrogen-bond donors (Lipinski definition) is 2. The van der Waals surface area contributed by atoms with Gasteiger partial charge in [0, 0.05) is 31.2 Å². The Balaban J connectivity index is 1.27. The smallest absolute Gasteiger partial charge is 0.254 e. The van der Waals surface area contributed by atoms with Crippen molar-refractivity contribution in [3.8, 4) is 11.5 Å². The van der Waals surface area contributed by atoms with E-state index in [-0.39, 0.29) is 24.4 Å². The molecule has 0 unspecified atom stereocenters. The molecule has 7 nitrogen and oxygen atoms in total. The van der Waals surface area contributed by atoms with E-state index in [0.29, 0.717) is 47.8 Å². The third-order valence-corrected chi connectivity index (χ3v) is 5.27. The molecule has 0 saturated heterocycles. The van der Waals surface area contributed by atoms with Gasteiger partial charge in [-0.05, 0) is 18.6 Å². The number of carbonyl (C=O) groups is 2. The molecule has 1 aliphatic heterocycles. The van der Waals surface area contributed by atoms with Crippen LogP contribution in [0.25, 0.3) is 10.2 Å². The lowest BCUT2D eigenvalue weighted by atomic mass is 10.2. The highest BCUT2D eigenvalue weighted by Gasteiger charge is 2.16. The van der Waals surface area contributed by atoms with Crippen LogP contribution in [0.1, 0.15) is 23.2 Å². The third kappa shape index (κ3) is 4.48. The Kier molecular flexibility index (Phi) is 5.75. The van der Waals surface area contributed by atoms with E-state index in [1.165, 1.54) is 11.3 Å². The van der Waals surface area contributed by atoms with Crippen molar-refractivity contribution in [3.05, 3.63) is 47.5 Å². The quantitative estimate of drug-likeness (QED) is 0.581. The largest absolute Gasteiger partial charge is 0.486 e. The van der Waals surface area contributed by atoms with Gasteiger partial charge in [0.2, 0.25) is 5.91 Å². The summed E-state index contributed by atoms with van der Waals surface area (Å²) in [6.07, 6.45) is 0.492. The maximum absolute atomic E-state index is 13.6. The lowest BCUT2D eigenvalue weighted by Crippen LogP contribution is -2.26. The van der Waals surface area contributed by atoms with Gasteiger partial charge in [0.25, 0.3) is 5.91 Å². The number of halogens is 2. The molecule has 30 heavy (non-hydrogen) atoms. The Morgan fingerprint density at radius 2 is 1.87 bits per heavy atom. The van der Waals surface area contributed by atoms with Crippen LogP contribution in [-0.2, 0) is 4.79 Å². The Bertz CT molecular complexity index is 1080. The minimum absolute atomic E-state index is 0.144. The van der Waals surface area contributed by atoms with E-state index >= 15 is 0 Å². The van der Waals surface area contributed by atoms with Crippen LogP contribution in [0.2, 0.25) is 0 Å². The first-order valence-electron chi connectivity index (χ1n) is 9.23. The molecule has 1 aliphatic rings. The molecule has 2 amide bonds. The number of hydrogen-bond acceptors (Lipinski definition) is 6. The van der Waals surface area contributed by atoms with Crippen molar-refractivity contribution >= 4 is 38.5 Å². The van der Waals surface area contributed by atoms with E-state index in [0.717, 1.165) is 16.8 Å². The fourth-order valence-corrected chi connectivity index (χ4v) is 3.81. The van der Waals surface area contributed by atoms with Crippen LogP contribution in [0.5, 0.6) is 11.5 Å². The summed E-state index contributed by atoms with van der Waals surface area (Å²) >= 11 is 1.32. The van der Waals surface area contributed by atoms with Gasteiger partial charge in [-0.25, -0.2) is 13.8 Å². The molecule has 2 N–H and O–H groups in total. The molecule has 0 atom stereocenters. The number of amides is 2. The van der Waals surface area contributed by atoms with Gasteiger partial charge in [0.15, 0.2) is 16.6 Å². The molecule has 10 heteroatoms. The number of thiazole rings is 1. The van der Waals surface area contributed by atoms with Crippen molar-refractivity contribution in [1.82, 2.24) is 10.3 Å². The van der Waals surface area contributed by atoms with Crippen molar-refractivity contribution in [2.24, 2.45) is 0 Å². The number of carbonyl (C=O) groups excluding carboxylic acids is 2. The molecule has 156 valence electrons. The highest BCUT2D eigenvalue weighted by molar-refractivity contribution is 7.22. The second kappa shape index (κ2) is 8.62. The SMILES string of the molecule is O=C(CCCNC(=O)c1ccc(F)cc1F)Nc1nc2cc3c(cc2s1)OCCO3. The first-order valence-corrected chi connectivity index (χ1v) is 10.0. The molecular weight excluding hydrogens is 416 g/mol. The van der Waals surface area contributed by atoms with Crippen molar-refractivity contribution in [2.45, 2.75) is 12.8 Å². The summed E-state index contributed by atoms with van der Waals surface area (Å²) in [5.41, 5.74) is 0.458. The molecule has 0 fully saturated rings. The maximum Gasteiger partial charge on any atom is 0.254 e. The summed E-state index contributed by atoms with van der Waals surface area (Å²) in [6, 6.07) is 6.35. The van der Waals surface area contributed by atoms with Crippen LogP contribution in [-0.4, -0.2) is 36.6 Å². The van der Waals surface area contributed by atoms with Crippen molar-refractivity contribution in [3.63, 3.8) is 0 Å². The molecule has 4 rings (SSSR count). The summed E-state index contributed by atoms with van der Waals surface area (Å²) in [5.74, 6) is -1.32. The van der Waals surface area contributed by atoms with Gasteiger partial charge < -0.3 is 20.1 Å². The number of benzene rings is 2. The number of ether oxygens (including phenoxy) is 2. The van der Waals surface area contributed by atoms with Crippen LogP contribution >= 0.6 is 11.3 Å². The zero-order valence-corrected chi connectivity index (χ0v) is 16.5. The Hall–Kier alpha value is -3.27. The number of anilines is 1. The minimum atomic E-state index is -0.932. The Labute approximate surface area is 174 Å². The Morgan fingerprint density at radius 1 is 1.10 bits per heavy atom. The third-order valence-electron chi connectivity index (χ3n) is 4.34. The highest BCUT2D eigenvalue weighted by atomic mass is 32.1. The summed E-state index contributed by atoms with van der Waals surface area (Å²) in [5, 5.41) is 5.69. The predicted molar refractivity (Wildman–Crippen MR) is 107 cm³/mol. The van der Waals surface area contributed by atoms with E-state index in [9.17, 15) is 18.4 Å². The first-order chi connectivity index (χ1) is 14.5. The minimum Gasteiger partial charge on any atom is -0.486 e. The summed E-state index contributed by atoms with van der Waals surface area (Å²) < 4.78 is 38.4. The van der Waals surface area contributed by atoms with Crippen LogP contribution in [0, 0.1) is 11.6 Å². The first kappa shape index (κ1) is 20.0. The average Bonchev–Trinajstić information content (AvgIpc) is 3.10. The topological polar surface area (TPSA) is 89.6 Å². The average molecular weight is 433 g/mol. The monoisotopic (exact) mass is 433 g/mol. The fraction of sp³-hybridized carbons (Fsp3) is 0.250. The molecule has 0 spiro atoms. The molecule has 1 aromatic heterocycles. The van der Waals surface area contributed by atoms with Crippen molar-refractivity contribution in [1.29, 1.82) is 0 Å². The highest BCUT2D eigenvalue weighted by Crippen LogP contribution is 2.37. The van der Waals surface area contributed by atoms with E-state index in [4.69, 9.17) is 9.47 Å². The molecule has 2 heterocycles. The molecule has 0 aliphatic carbocycles. The molecular formula is C20H17F2N3O4S. The van der Waals surface area contributed by atoms with Gasteiger partial charge >= 0.3 is 0 Å². The summed E-state index contributed by atoms with van der Waals surface area (Å²) in [7, 11) is 0. The van der Waals surface area contributed by atoms with E-state index < -0.39 is 17.5 Å². The van der Waals surface area contributed by atoms with Gasteiger partial charge in [-0.3, -0.25) is 9.59 Å². The van der Waals surface area contributed by atoms with E-state index in [1.807, 2.05) is 6.07 Å². The maximum atomic E-state index is 13.6. The lowest BCUT2D eigenvalue weighted by Gasteiger charge is -2.17. The fourth-order valence-electron chi connectivity index (χ4n) is 2.92. The molecule has 3 aromatic rings. The summed E-state index contributed by atoms with van der Waals surface area (Å²) in [6.45, 7) is 1.14. The van der Waals surface area contributed by atoms with Crippen LogP contribution in [0.15, 0.2) is 30.3 Å². The summed E-state index contributed by atoms with van der Waals surface area (Å²) in [4.78, 5) is 28.4.